The summed E-state index contributed by atoms with van der Waals surface area (Å²) in [5.41, 5.74) is 0. The lowest BCUT2D eigenvalue weighted by molar-refractivity contribution is -0.137. The number of carboxylic acids is 1. The molecule has 4 heteroatoms. The van der Waals surface area contributed by atoms with Gasteiger partial charge in [0.1, 0.15) is 11.5 Å². The van der Waals surface area contributed by atoms with Gasteiger partial charge < -0.3 is 14.3 Å². The summed E-state index contributed by atoms with van der Waals surface area (Å²) in [7, 11) is 0. The fraction of sp³-hybridized carbons (Fsp3) is 0.583. The van der Waals surface area contributed by atoms with E-state index in [1.807, 2.05) is 12.1 Å². The molecule has 88 valence electrons. The molecule has 16 heavy (non-hydrogen) atoms. The molecule has 0 atom stereocenters. The molecule has 1 aliphatic heterocycles. The zero-order valence-corrected chi connectivity index (χ0v) is 9.15. The molecule has 1 aromatic heterocycles. The molecule has 4 nitrogen and oxygen atoms in total. The van der Waals surface area contributed by atoms with Crippen LogP contribution in [0.2, 0.25) is 0 Å². The van der Waals surface area contributed by atoms with Gasteiger partial charge in [0.05, 0.1) is 6.42 Å². The van der Waals surface area contributed by atoms with Gasteiger partial charge in [-0.15, -0.1) is 0 Å². The largest absolute Gasteiger partial charge is 0.481 e. The molecule has 0 saturated carbocycles. The van der Waals surface area contributed by atoms with Gasteiger partial charge in [0.15, 0.2) is 0 Å². The van der Waals surface area contributed by atoms with Crippen molar-refractivity contribution in [3.05, 3.63) is 23.7 Å². The predicted octanol–water partition coefficient (Wildman–Crippen LogP) is 2.19. The highest BCUT2D eigenvalue weighted by Gasteiger charge is 2.19. The second-order valence-corrected chi connectivity index (χ2v) is 4.08. The minimum atomic E-state index is -0.788. The second kappa shape index (κ2) is 5.16. The van der Waals surface area contributed by atoms with E-state index in [-0.39, 0.29) is 6.42 Å². The molecule has 2 rings (SSSR count). The number of hydrogen-bond donors (Lipinski definition) is 1. The predicted molar refractivity (Wildman–Crippen MR) is 57.5 cm³/mol. The minimum absolute atomic E-state index is 0.126. The maximum atomic E-state index is 10.4. The van der Waals surface area contributed by atoms with Crippen molar-refractivity contribution in [2.24, 2.45) is 0 Å². The van der Waals surface area contributed by atoms with Crippen LogP contribution in [-0.4, -0.2) is 24.3 Å². The van der Waals surface area contributed by atoms with E-state index in [0.29, 0.717) is 12.3 Å². The first-order valence-corrected chi connectivity index (χ1v) is 5.64. The molecule has 2 heterocycles. The number of carboxylic acid groups (broad SMARTS) is 1. The highest BCUT2D eigenvalue weighted by molar-refractivity contribution is 5.66. The first kappa shape index (κ1) is 11.2. The molecule has 0 spiro atoms. The van der Waals surface area contributed by atoms with E-state index in [0.717, 1.165) is 37.6 Å². The van der Waals surface area contributed by atoms with E-state index in [1.165, 1.54) is 0 Å². The molecule has 1 aliphatic rings. The maximum Gasteiger partial charge on any atom is 0.303 e. The van der Waals surface area contributed by atoms with Crippen LogP contribution in [0, 0.1) is 0 Å². The van der Waals surface area contributed by atoms with Crippen LogP contribution in [0.1, 0.15) is 36.7 Å². The molecule has 0 amide bonds. The third-order valence-corrected chi connectivity index (χ3v) is 2.89. The lowest BCUT2D eigenvalue weighted by atomic mass is 9.98. The second-order valence-electron chi connectivity index (χ2n) is 4.08. The highest BCUT2D eigenvalue weighted by Crippen LogP contribution is 2.28. The summed E-state index contributed by atoms with van der Waals surface area (Å²) in [6, 6.07) is 3.85. The van der Waals surface area contributed by atoms with Crippen LogP contribution in [0.3, 0.4) is 0 Å². The Morgan fingerprint density at radius 1 is 1.38 bits per heavy atom. The van der Waals surface area contributed by atoms with E-state index < -0.39 is 5.97 Å². The Bertz CT molecular complexity index is 350. The van der Waals surface area contributed by atoms with Crippen LogP contribution in [0.15, 0.2) is 16.5 Å². The number of ether oxygens (including phenoxy) is 1. The average molecular weight is 224 g/mol. The number of hydrogen-bond acceptors (Lipinski definition) is 3. The van der Waals surface area contributed by atoms with Crippen molar-refractivity contribution in [3.8, 4) is 0 Å². The van der Waals surface area contributed by atoms with Crippen LogP contribution in [0.5, 0.6) is 0 Å². The summed E-state index contributed by atoms with van der Waals surface area (Å²) in [6.45, 7) is 1.58. The van der Waals surface area contributed by atoms with Crippen LogP contribution in [0.4, 0.5) is 0 Å². The molecule has 1 saturated heterocycles. The number of carbonyl (C=O) groups is 1. The Morgan fingerprint density at radius 3 is 2.81 bits per heavy atom. The molecule has 0 radical (unpaired) electrons. The van der Waals surface area contributed by atoms with Gasteiger partial charge in [-0.05, 0) is 25.0 Å². The number of aliphatic carboxylic acids is 1. The van der Waals surface area contributed by atoms with Gasteiger partial charge in [0, 0.05) is 25.6 Å². The van der Waals surface area contributed by atoms with Gasteiger partial charge in [-0.25, -0.2) is 0 Å². The Morgan fingerprint density at radius 2 is 2.12 bits per heavy atom. The van der Waals surface area contributed by atoms with E-state index in [1.54, 1.807) is 0 Å². The zero-order valence-electron chi connectivity index (χ0n) is 9.15. The average Bonchev–Trinajstić information content (AvgIpc) is 2.76. The van der Waals surface area contributed by atoms with E-state index in [2.05, 4.69) is 0 Å². The lowest BCUT2D eigenvalue weighted by Gasteiger charge is -2.19. The van der Waals surface area contributed by atoms with Crippen LogP contribution >= 0.6 is 0 Å². The number of furan rings is 1. The fourth-order valence-corrected chi connectivity index (χ4v) is 1.96. The standard InChI is InChI=1S/C12H16O4/c13-12(14)4-2-10-1-3-11(16-10)9-5-7-15-8-6-9/h1,3,9H,2,4-8H2,(H,13,14). The molecule has 1 N–H and O–H groups in total. The smallest absolute Gasteiger partial charge is 0.303 e. The Labute approximate surface area is 94.2 Å². The van der Waals surface area contributed by atoms with Crippen molar-refractivity contribution in [3.63, 3.8) is 0 Å². The van der Waals surface area contributed by atoms with Crippen molar-refractivity contribution in [1.29, 1.82) is 0 Å². The molecule has 1 aromatic rings. The van der Waals surface area contributed by atoms with Crippen molar-refractivity contribution in [2.45, 2.75) is 31.6 Å². The first-order valence-electron chi connectivity index (χ1n) is 5.64. The topological polar surface area (TPSA) is 59.7 Å². The van der Waals surface area contributed by atoms with Crippen molar-refractivity contribution >= 4 is 5.97 Å². The molecule has 0 unspecified atom stereocenters. The maximum absolute atomic E-state index is 10.4. The van der Waals surface area contributed by atoms with Crippen LogP contribution < -0.4 is 0 Å². The van der Waals surface area contributed by atoms with Gasteiger partial charge in [-0.2, -0.15) is 0 Å². The summed E-state index contributed by atoms with van der Waals surface area (Å²) >= 11 is 0. The van der Waals surface area contributed by atoms with Gasteiger partial charge >= 0.3 is 5.97 Å². The van der Waals surface area contributed by atoms with Gasteiger partial charge in [0.2, 0.25) is 0 Å². The molecule has 0 aliphatic carbocycles. The van der Waals surface area contributed by atoms with E-state index in [4.69, 9.17) is 14.3 Å². The molecule has 0 aromatic carbocycles. The van der Waals surface area contributed by atoms with Gasteiger partial charge in [-0.1, -0.05) is 0 Å². The monoisotopic (exact) mass is 224 g/mol. The third-order valence-electron chi connectivity index (χ3n) is 2.89. The number of aryl methyl sites for hydroxylation is 1. The normalized spacial score (nSPS) is 17.5. The summed E-state index contributed by atoms with van der Waals surface area (Å²) in [5.74, 6) is 1.39. The third kappa shape index (κ3) is 2.85. The van der Waals surface area contributed by atoms with Crippen molar-refractivity contribution in [2.75, 3.05) is 13.2 Å². The SMILES string of the molecule is O=C(O)CCc1ccc(C2CCOCC2)o1. The van der Waals surface area contributed by atoms with E-state index in [9.17, 15) is 4.79 Å². The minimum Gasteiger partial charge on any atom is -0.481 e. The van der Waals surface area contributed by atoms with Gasteiger partial charge in [-0.3, -0.25) is 4.79 Å². The molecule has 1 fully saturated rings. The molecule has 0 bridgehead atoms. The molecular formula is C12H16O4. The Balaban J connectivity index is 1.93. The number of rotatable bonds is 4. The quantitative estimate of drug-likeness (QED) is 0.851. The summed E-state index contributed by atoms with van der Waals surface area (Å²) in [4.78, 5) is 10.4. The van der Waals surface area contributed by atoms with Gasteiger partial charge in [0.25, 0.3) is 0 Å². The lowest BCUT2D eigenvalue weighted by Crippen LogP contribution is -2.13. The van der Waals surface area contributed by atoms with Crippen LogP contribution in [0.25, 0.3) is 0 Å². The van der Waals surface area contributed by atoms with E-state index >= 15 is 0 Å². The Hall–Kier alpha value is -1.29. The zero-order chi connectivity index (χ0) is 11.4. The van der Waals surface area contributed by atoms with Crippen molar-refractivity contribution in [1.82, 2.24) is 0 Å². The highest BCUT2D eigenvalue weighted by atomic mass is 16.5. The summed E-state index contributed by atoms with van der Waals surface area (Å²) in [5, 5.41) is 8.57. The fourth-order valence-electron chi connectivity index (χ4n) is 1.96. The summed E-state index contributed by atoms with van der Waals surface area (Å²) in [6.07, 6.45) is 2.58. The van der Waals surface area contributed by atoms with Crippen LogP contribution in [-0.2, 0) is 16.0 Å². The molecular weight excluding hydrogens is 208 g/mol. The summed E-state index contributed by atoms with van der Waals surface area (Å²) < 4.78 is 10.9. The van der Waals surface area contributed by atoms with Crippen molar-refractivity contribution < 1.29 is 19.1 Å². The Kier molecular flexibility index (Phi) is 3.62. The first-order chi connectivity index (χ1) is 7.75.